The van der Waals surface area contributed by atoms with E-state index in [-0.39, 0.29) is 17.9 Å². The Morgan fingerprint density at radius 3 is 2.19 bits per heavy atom. The van der Waals surface area contributed by atoms with Crippen LogP contribution in [0.4, 0.5) is 10.1 Å². The van der Waals surface area contributed by atoms with Crippen molar-refractivity contribution in [2.24, 2.45) is 5.73 Å². The smallest absolute Gasteiger partial charge is 0.204 e. The van der Waals surface area contributed by atoms with Gasteiger partial charge in [-0.15, -0.1) is 0 Å². The Morgan fingerprint density at radius 1 is 1.24 bits per heavy atom. The van der Waals surface area contributed by atoms with Gasteiger partial charge < -0.3 is 16.8 Å². The number of hydrogen-bond acceptors (Lipinski definition) is 4. The lowest BCUT2D eigenvalue weighted by molar-refractivity contribution is -0.110. The fraction of sp³-hybridized carbons (Fsp3) is 0.467. The first-order chi connectivity index (χ1) is 10.1. The first-order valence-corrected chi connectivity index (χ1v) is 7.01. The Bertz CT molecular complexity index is 468. The summed E-state index contributed by atoms with van der Waals surface area (Å²) in [6.07, 6.45) is 4.18. The van der Waals surface area contributed by atoms with E-state index in [4.69, 9.17) is 10.5 Å². The standard InChI is InChI=1S/C11H15FN2.C3H4O.CH3NO/c12-10-2-1-9(7-11(10)13)8-3-5-14-6-4-8;4-3-1-2-3;2-1-3/h1-2,7-8,14H,3-6,13H2;1-2H2;1H,(H2,2,3). The van der Waals surface area contributed by atoms with Crippen molar-refractivity contribution in [3.63, 3.8) is 0 Å². The summed E-state index contributed by atoms with van der Waals surface area (Å²) in [5.41, 5.74) is 11.1. The second kappa shape index (κ2) is 9.07. The van der Waals surface area contributed by atoms with Crippen molar-refractivity contribution >= 4 is 17.9 Å². The number of primary amides is 1. The van der Waals surface area contributed by atoms with Gasteiger partial charge in [-0.25, -0.2) is 4.39 Å². The van der Waals surface area contributed by atoms with E-state index in [0.29, 0.717) is 11.7 Å². The van der Waals surface area contributed by atoms with Crippen molar-refractivity contribution in [1.82, 2.24) is 5.32 Å². The maximum absolute atomic E-state index is 12.9. The highest BCUT2D eigenvalue weighted by Crippen LogP contribution is 2.27. The predicted molar refractivity (Wildman–Crippen MR) is 80.1 cm³/mol. The second-order valence-electron chi connectivity index (χ2n) is 4.98. The number of benzene rings is 1. The van der Waals surface area contributed by atoms with Gasteiger partial charge in [-0.05, 0) is 49.5 Å². The molecule has 5 nitrogen and oxygen atoms in total. The number of Topliss-reactive ketones (excluding diaryl/α,β-unsaturated/α-hetero) is 1. The monoisotopic (exact) mass is 295 g/mol. The summed E-state index contributed by atoms with van der Waals surface area (Å²) >= 11 is 0. The topological polar surface area (TPSA) is 98.2 Å². The van der Waals surface area contributed by atoms with Crippen molar-refractivity contribution < 1.29 is 14.0 Å². The van der Waals surface area contributed by atoms with Crippen LogP contribution in [0.1, 0.15) is 37.2 Å². The molecule has 2 aliphatic rings. The molecule has 1 aliphatic heterocycles. The molecule has 1 aliphatic carbocycles. The molecule has 1 aromatic carbocycles. The van der Waals surface area contributed by atoms with Gasteiger partial charge in [0, 0.05) is 12.8 Å². The normalized spacial score (nSPS) is 16.9. The molecule has 21 heavy (non-hydrogen) atoms. The third-order valence-corrected chi connectivity index (χ3v) is 3.28. The van der Waals surface area contributed by atoms with Gasteiger partial charge >= 0.3 is 0 Å². The molecule has 0 atom stereocenters. The highest BCUT2D eigenvalue weighted by atomic mass is 19.1. The number of ketones is 1. The van der Waals surface area contributed by atoms with E-state index in [9.17, 15) is 9.18 Å². The molecule has 1 saturated heterocycles. The largest absolute Gasteiger partial charge is 0.396 e. The molecule has 5 N–H and O–H groups in total. The summed E-state index contributed by atoms with van der Waals surface area (Å²) in [5, 5.41) is 3.31. The van der Waals surface area contributed by atoms with Crippen LogP contribution in [0.2, 0.25) is 0 Å². The molecule has 1 amide bonds. The maximum atomic E-state index is 12.9. The molecule has 0 bridgehead atoms. The van der Waals surface area contributed by atoms with Gasteiger partial charge in [0.15, 0.2) is 0 Å². The number of halogens is 1. The summed E-state index contributed by atoms with van der Waals surface area (Å²) in [6.45, 7) is 2.09. The molecule has 1 heterocycles. The summed E-state index contributed by atoms with van der Waals surface area (Å²) in [7, 11) is 0. The van der Waals surface area contributed by atoms with Gasteiger partial charge in [-0.3, -0.25) is 9.59 Å². The number of anilines is 1. The van der Waals surface area contributed by atoms with Crippen LogP contribution in [-0.2, 0) is 9.59 Å². The Labute approximate surface area is 123 Å². The van der Waals surface area contributed by atoms with Crippen molar-refractivity contribution in [3.8, 4) is 0 Å². The average molecular weight is 295 g/mol. The Hall–Kier alpha value is -1.95. The van der Waals surface area contributed by atoms with Gasteiger partial charge in [-0.1, -0.05) is 6.07 Å². The summed E-state index contributed by atoms with van der Waals surface area (Å²) in [5.74, 6) is 0.641. The van der Waals surface area contributed by atoms with Gasteiger partial charge in [0.1, 0.15) is 11.6 Å². The molecule has 2 fully saturated rings. The molecule has 0 unspecified atom stereocenters. The zero-order valence-electron chi connectivity index (χ0n) is 12.0. The number of hydrogen-bond donors (Lipinski definition) is 3. The summed E-state index contributed by atoms with van der Waals surface area (Å²) in [6, 6.07) is 5.08. The lowest BCUT2D eigenvalue weighted by Gasteiger charge is -2.23. The molecule has 1 aromatic rings. The lowest BCUT2D eigenvalue weighted by Crippen LogP contribution is -2.26. The fourth-order valence-electron chi connectivity index (χ4n) is 2.02. The predicted octanol–water partition coefficient (Wildman–Crippen LogP) is 1.33. The number of nitrogens with one attached hydrogen (secondary N) is 1. The molecular weight excluding hydrogens is 273 g/mol. The van der Waals surface area contributed by atoms with E-state index < -0.39 is 0 Å². The second-order valence-corrected chi connectivity index (χ2v) is 4.98. The van der Waals surface area contributed by atoms with Crippen molar-refractivity contribution in [2.75, 3.05) is 18.8 Å². The van der Waals surface area contributed by atoms with E-state index >= 15 is 0 Å². The van der Waals surface area contributed by atoms with Gasteiger partial charge in [0.05, 0.1) is 5.69 Å². The van der Waals surface area contributed by atoms with E-state index in [1.54, 1.807) is 6.07 Å². The minimum absolute atomic E-state index is 0.250. The van der Waals surface area contributed by atoms with Gasteiger partial charge in [0.25, 0.3) is 0 Å². The Morgan fingerprint density at radius 2 is 1.76 bits per heavy atom. The third kappa shape index (κ3) is 6.85. The van der Waals surface area contributed by atoms with Crippen LogP contribution in [-0.4, -0.2) is 25.3 Å². The van der Waals surface area contributed by atoms with E-state index in [1.807, 2.05) is 6.07 Å². The Kier molecular flexibility index (Phi) is 7.39. The molecule has 6 heteroatoms. The molecule has 0 radical (unpaired) electrons. The molecule has 116 valence electrons. The lowest BCUT2D eigenvalue weighted by atomic mass is 9.90. The highest BCUT2D eigenvalue weighted by Gasteiger charge is 2.15. The zero-order chi connectivity index (χ0) is 15.7. The third-order valence-electron chi connectivity index (χ3n) is 3.28. The number of amides is 1. The summed E-state index contributed by atoms with van der Waals surface area (Å²) < 4.78 is 12.9. The number of rotatable bonds is 1. The Balaban J connectivity index is 0.000000261. The minimum Gasteiger partial charge on any atom is -0.396 e. The number of nitrogen functional groups attached to an aromatic ring is 1. The van der Waals surface area contributed by atoms with Crippen LogP contribution in [0.15, 0.2) is 18.2 Å². The van der Waals surface area contributed by atoms with Crippen molar-refractivity contribution in [2.45, 2.75) is 31.6 Å². The molecule has 0 spiro atoms. The van der Waals surface area contributed by atoms with Crippen LogP contribution in [0.5, 0.6) is 0 Å². The average Bonchev–Trinajstić information content (AvgIpc) is 3.27. The van der Waals surface area contributed by atoms with Gasteiger partial charge in [-0.2, -0.15) is 0 Å². The zero-order valence-corrected chi connectivity index (χ0v) is 12.0. The molecule has 0 aromatic heterocycles. The van der Waals surface area contributed by atoms with Crippen LogP contribution in [0.3, 0.4) is 0 Å². The molecule has 1 saturated carbocycles. The van der Waals surface area contributed by atoms with Crippen molar-refractivity contribution in [3.05, 3.63) is 29.6 Å². The molecule has 3 rings (SSSR count). The van der Waals surface area contributed by atoms with E-state index in [1.165, 1.54) is 11.6 Å². The van der Waals surface area contributed by atoms with E-state index in [2.05, 4.69) is 11.1 Å². The first-order valence-electron chi connectivity index (χ1n) is 7.01. The van der Waals surface area contributed by atoms with Crippen molar-refractivity contribution in [1.29, 1.82) is 0 Å². The van der Waals surface area contributed by atoms with Crippen LogP contribution in [0, 0.1) is 5.82 Å². The summed E-state index contributed by atoms with van der Waals surface area (Å²) in [4.78, 5) is 18.1. The number of nitrogens with two attached hydrogens (primary N) is 2. The van der Waals surface area contributed by atoms with Crippen LogP contribution >= 0.6 is 0 Å². The van der Waals surface area contributed by atoms with Crippen LogP contribution < -0.4 is 16.8 Å². The first kappa shape index (κ1) is 17.1. The van der Waals surface area contributed by atoms with Gasteiger partial charge in [0.2, 0.25) is 6.41 Å². The van der Waals surface area contributed by atoms with Crippen LogP contribution in [0.25, 0.3) is 0 Å². The molecular formula is C15H22FN3O2. The minimum atomic E-state index is -0.317. The number of carbonyl (C=O) groups excluding carboxylic acids is 2. The number of piperidine rings is 1. The maximum Gasteiger partial charge on any atom is 0.204 e. The quantitative estimate of drug-likeness (QED) is 0.537. The highest BCUT2D eigenvalue weighted by molar-refractivity contribution is 5.92. The number of carbonyl (C=O) groups is 2. The van der Waals surface area contributed by atoms with E-state index in [0.717, 1.165) is 38.8 Å². The fourth-order valence-corrected chi connectivity index (χ4v) is 2.02. The SMILES string of the molecule is NC=O.Nc1cc(C2CCNCC2)ccc1F.O=C1CC1.